The van der Waals surface area contributed by atoms with E-state index in [0.717, 1.165) is 0 Å². The fourth-order valence-electron chi connectivity index (χ4n) is 1.12. The lowest BCUT2D eigenvalue weighted by Crippen LogP contribution is -1.97. The molecule has 0 saturated carbocycles. The van der Waals surface area contributed by atoms with Crippen LogP contribution in [0.2, 0.25) is 5.15 Å². The van der Waals surface area contributed by atoms with Crippen molar-refractivity contribution in [1.82, 2.24) is 15.2 Å². The number of rotatable bonds is 2. The maximum Gasteiger partial charge on any atom is 0.169 e. The van der Waals surface area contributed by atoms with Crippen molar-refractivity contribution in [3.05, 3.63) is 35.2 Å². The third-order valence-electron chi connectivity index (χ3n) is 1.92. The maximum atomic E-state index is 5.72. The molecule has 0 atom stereocenters. The molecule has 5 nitrogen and oxygen atoms in total. The molecule has 16 heavy (non-hydrogen) atoms. The Labute approximate surface area is 97.2 Å². The van der Waals surface area contributed by atoms with Gasteiger partial charge in [0.05, 0.1) is 0 Å². The van der Waals surface area contributed by atoms with Gasteiger partial charge in [0.25, 0.3) is 0 Å². The molecule has 2 N–H and O–H groups in total. The zero-order valence-corrected chi connectivity index (χ0v) is 9.27. The van der Waals surface area contributed by atoms with Gasteiger partial charge in [-0.2, -0.15) is 5.10 Å². The summed E-state index contributed by atoms with van der Waals surface area (Å²) in [5, 5.41) is 7.80. The summed E-state index contributed by atoms with van der Waals surface area (Å²) in [6, 6.07) is 5.03. The van der Waals surface area contributed by atoms with E-state index in [2.05, 4.69) is 15.2 Å². The van der Waals surface area contributed by atoms with Crippen LogP contribution in [0.1, 0.15) is 5.69 Å². The molecule has 2 aromatic heterocycles. The van der Waals surface area contributed by atoms with Gasteiger partial charge in [-0.3, -0.25) is 0 Å². The number of ether oxygens (including phenoxy) is 1. The van der Waals surface area contributed by atoms with Crippen LogP contribution in [0.5, 0.6) is 11.5 Å². The van der Waals surface area contributed by atoms with Crippen molar-refractivity contribution in [3.8, 4) is 11.5 Å². The van der Waals surface area contributed by atoms with Crippen LogP contribution >= 0.6 is 11.6 Å². The highest BCUT2D eigenvalue weighted by atomic mass is 35.5. The smallest absolute Gasteiger partial charge is 0.169 e. The summed E-state index contributed by atoms with van der Waals surface area (Å²) in [6.07, 6.45) is 1.59. The number of pyridine rings is 1. The lowest BCUT2D eigenvalue weighted by molar-refractivity contribution is 0.474. The molecular weight excluding hydrogens is 228 g/mol. The van der Waals surface area contributed by atoms with E-state index in [0.29, 0.717) is 23.0 Å². The molecule has 2 rings (SSSR count). The Hall–Kier alpha value is -1.88. The van der Waals surface area contributed by atoms with E-state index >= 15 is 0 Å². The number of hydrogen-bond acceptors (Lipinski definition) is 5. The monoisotopic (exact) mass is 236 g/mol. The molecule has 6 heteroatoms. The number of hydrogen-bond donors (Lipinski definition) is 1. The van der Waals surface area contributed by atoms with Crippen molar-refractivity contribution < 1.29 is 4.74 Å². The van der Waals surface area contributed by atoms with E-state index < -0.39 is 0 Å². The maximum absolute atomic E-state index is 5.72. The molecule has 0 unspecified atom stereocenters. The number of anilines is 1. The van der Waals surface area contributed by atoms with Gasteiger partial charge < -0.3 is 10.5 Å². The zero-order valence-electron chi connectivity index (χ0n) is 8.51. The van der Waals surface area contributed by atoms with Crippen LogP contribution in [0.15, 0.2) is 24.4 Å². The second-order valence-electron chi connectivity index (χ2n) is 3.11. The van der Waals surface area contributed by atoms with Crippen molar-refractivity contribution in [2.75, 3.05) is 5.73 Å². The van der Waals surface area contributed by atoms with Crippen molar-refractivity contribution in [2.45, 2.75) is 6.92 Å². The fourth-order valence-corrected chi connectivity index (χ4v) is 1.26. The van der Waals surface area contributed by atoms with Crippen LogP contribution in [-0.2, 0) is 0 Å². The number of aromatic nitrogens is 3. The zero-order chi connectivity index (χ0) is 11.5. The van der Waals surface area contributed by atoms with Crippen LogP contribution in [-0.4, -0.2) is 15.2 Å². The van der Waals surface area contributed by atoms with E-state index in [1.807, 2.05) is 0 Å². The van der Waals surface area contributed by atoms with Crippen molar-refractivity contribution in [1.29, 1.82) is 0 Å². The minimum Gasteiger partial charge on any atom is -0.451 e. The molecule has 0 aliphatic heterocycles. The number of nitrogens with two attached hydrogens (primary N) is 1. The molecular formula is C10H9ClN4O. The molecule has 82 valence electrons. The van der Waals surface area contributed by atoms with Crippen LogP contribution in [0, 0.1) is 6.92 Å². The Balaban J connectivity index is 2.34. The molecule has 0 saturated heterocycles. The first-order chi connectivity index (χ1) is 7.66. The van der Waals surface area contributed by atoms with E-state index in [9.17, 15) is 0 Å². The average molecular weight is 237 g/mol. The van der Waals surface area contributed by atoms with Gasteiger partial charge in [-0.1, -0.05) is 11.6 Å². The summed E-state index contributed by atoms with van der Waals surface area (Å²) in [6.45, 7) is 1.77. The van der Waals surface area contributed by atoms with Crippen LogP contribution in [0.3, 0.4) is 0 Å². The van der Waals surface area contributed by atoms with Crippen LogP contribution in [0.25, 0.3) is 0 Å². The quantitative estimate of drug-likeness (QED) is 0.865. The molecule has 0 bridgehead atoms. The molecule has 0 aliphatic rings. The number of halogens is 1. The van der Waals surface area contributed by atoms with Gasteiger partial charge >= 0.3 is 0 Å². The van der Waals surface area contributed by atoms with E-state index in [-0.39, 0.29) is 5.15 Å². The second kappa shape index (κ2) is 4.32. The summed E-state index contributed by atoms with van der Waals surface area (Å²) in [7, 11) is 0. The summed E-state index contributed by atoms with van der Waals surface area (Å²) in [4.78, 5) is 3.91. The lowest BCUT2D eigenvalue weighted by atomic mass is 10.3. The largest absolute Gasteiger partial charge is 0.451 e. The predicted molar refractivity (Wildman–Crippen MR) is 60.5 cm³/mol. The molecule has 2 aromatic rings. The van der Waals surface area contributed by atoms with Gasteiger partial charge in [0.15, 0.2) is 22.5 Å². The van der Waals surface area contributed by atoms with E-state index in [4.69, 9.17) is 22.1 Å². The topological polar surface area (TPSA) is 73.9 Å². The van der Waals surface area contributed by atoms with E-state index in [1.54, 1.807) is 31.3 Å². The van der Waals surface area contributed by atoms with Crippen LogP contribution in [0.4, 0.5) is 5.82 Å². The van der Waals surface area contributed by atoms with Gasteiger partial charge in [-0.15, -0.1) is 5.10 Å². The summed E-state index contributed by atoms with van der Waals surface area (Å²) < 4.78 is 5.55. The van der Waals surface area contributed by atoms with Crippen molar-refractivity contribution in [3.63, 3.8) is 0 Å². The Morgan fingerprint density at radius 1 is 1.31 bits per heavy atom. The highest BCUT2D eigenvalue weighted by molar-refractivity contribution is 6.29. The third kappa shape index (κ3) is 2.20. The standard InChI is InChI=1S/C10H9ClN4O/c1-6-8(5-9(11)15-14-6)16-7-3-2-4-13-10(7)12/h2-5H,1H3,(H2,12,13). The highest BCUT2D eigenvalue weighted by Gasteiger charge is 2.07. The van der Waals surface area contributed by atoms with Crippen molar-refractivity contribution >= 4 is 17.4 Å². The lowest BCUT2D eigenvalue weighted by Gasteiger charge is -2.08. The molecule has 2 heterocycles. The van der Waals surface area contributed by atoms with Gasteiger partial charge in [0, 0.05) is 12.3 Å². The minimum atomic E-state index is 0.267. The van der Waals surface area contributed by atoms with Crippen molar-refractivity contribution in [2.24, 2.45) is 0 Å². The van der Waals surface area contributed by atoms with Gasteiger partial charge in [0.2, 0.25) is 0 Å². The normalized spacial score (nSPS) is 10.1. The summed E-state index contributed by atoms with van der Waals surface area (Å²) >= 11 is 5.72. The first kappa shape index (κ1) is 10.6. The number of aryl methyl sites for hydroxylation is 1. The molecule has 0 spiro atoms. The van der Waals surface area contributed by atoms with Gasteiger partial charge in [-0.25, -0.2) is 4.98 Å². The Morgan fingerprint density at radius 2 is 2.12 bits per heavy atom. The molecule has 0 aromatic carbocycles. The van der Waals surface area contributed by atoms with E-state index in [1.165, 1.54) is 0 Å². The molecule has 0 amide bonds. The molecule has 0 fully saturated rings. The SMILES string of the molecule is Cc1nnc(Cl)cc1Oc1cccnc1N. The third-order valence-corrected chi connectivity index (χ3v) is 2.11. The predicted octanol–water partition coefficient (Wildman–Crippen LogP) is 2.21. The Kier molecular flexibility index (Phi) is 2.87. The highest BCUT2D eigenvalue weighted by Crippen LogP contribution is 2.27. The number of nitrogen functional groups attached to an aromatic ring is 1. The summed E-state index contributed by atoms with van der Waals surface area (Å²) in [5.74, 6) is 1.30. The number of nitrogens with zero attached hydrogens (tertiary/aromatic N) is 3. The van der Waals surface area contributed by atoms with Gasteiger partial charge in [-0.05, 0) is 19.1 Å². The average Bonchev–Trinajstić information content (AvgIpc) is 2.27. The molecule has 0 aliphatic carbocycles. The Bertz CT molecular complexity index is 518. The minimum absolute atomic E-state index is 0.267. The van der Waals surface area contributed by atoms with Gasteiger partial charge in [0.1, 0.15) is 5.69 Å². The Morgan fingerprint density at radius 3 is 2.88 bits per heavy atom. The first-order valence-electron chi connectivity index (χ1n) is 4.55. The molecule has 0 radical (unpaired) electrons. The summed E-state index contributed by atoms with van der Waals surface area (Å²) in [5.41, 5.74) is 6.28. The first-order valence-corrected chi connectivity index (χ1v) is 4.93. The van der Waals surface area contributed by atoms with Crippen LogP contribution < -0.4 is 10.5 Å². The second-order valence-corrected chi connectivity index (χ2v) is 3.49. The fraction of sp³-hybridized carbons (Fsp3) is 0.100.